The van der Waals surface area contributed by atoms with Crippen LogP contribution in [0.25, 0.3) is 0 Å². The van der Waals surface area contributed by atoms with E-state index in [1.807, 2.05) is 13.0 Å². The van der Waals surface area contributed by atoms with Gasteiger partial charge in [-0.25, -0.2) is 0 Å². The standard InChI is InChI=1S/C12H17ClN2O2/c1-8-3-4-10(13)5-11(8)15-12(17)6-14-9(2)7-16/h3-5,9,14,16H,6-7H2,1-2H3,(H,15,17). The molecule has 1 aromatic rings. The zero-order valence-electron chi connectivity index (χ0n) is 9.96. The Kier molecular flexibility index (Phi) is 5.41. The van der Waals surface area contributed by atoms with E-state index in [0.29, 0.717) is 10.7 Å². The fourth-order valence-corrected chi connectivity index (χ4v) is 1.43. The molecule has 3 N–H and O–H groups in total. The Bertz CT molecular complexity index is 396. The van der Waals surface area contributed by atoms with Crippen molar-refractivity contribution in [3.63, 3.8) is 0 Å². The van der Waals surface area contributed by atoms with Gasteiger partial charge in [0.1, 0.15) is 0 Å². The smallest absolute Gasteiger partial charge is 0.238 e. The van der Waals surface area contributed by atoms with Gasteiger partial charge in [-0.05, 0) is 31.5 Å². The topological polar surface area (TPSA) is 61.4 Å². The molecule has 1 atom stereocenters. The van der Waals surface area contributed by atoms with Crippen molar-refractivity contribution in [2.75, 3.05) is 18.5 Å². The van der Waals surface area contributed by atoms with E-state index in [-0.39, 0.29) is 25.1 Å². The van der Waals surface area contributed by atoms with E-state index in [2.05, 4.69) is 10.6 Å². The van der Waals surface area contributed by atoms with Gasteiger partial charge >= 0.3 is 0 Å². The van der Waals surface area contributed by atoms with Gasteiger partial charge in [0, 0.05) is 16.8 Å². The van der Waals surface area contributed by atoms with E-state index in [1.165, 1.54) is 0 Å². The average molecular weight is 257 g/mol. The fourth-order valence-electron chi connectivity index (χ4n) is 1.25. The van der Waals surface area contributed by atoms with Crippen LogP contribution >= 0.6 is 11.6 Å². The molecule has 0 spiro atoms. The Morgan fingerprint density at radius 3 is 2.88 bits per heavy atom. The highest BCUT2D eigenvalue weighted by Gasteiger charge is 2.06. The summed E-state index contributed by atoms with van der Waals surface area (Å²) in [6.45, 7) is 3.87. The normalized spacial score (nSPS) is 12.2. The summed E-state index contributed by atoms with van der Waals surface area (Å²) in [5, 5.41) is 15.0. The van der Waals surface area contributed by atoms with Crippen LogP contribution in [0.5, 0.6) is 0 Å². The number of halogens is 1. The van der Waals surface area contributed by atoms with Crippen molar-refractivity contribution in [2.45, 2.75) is 19.9 Å². The molecule has 0 aliphatic heterocycles. The van der Waals surface area contributed by atoms with Gasteiger partial charge in [0.2, 0.25) is 5.91 Å². The van der Waals surface area contributed by atoms with E-state index < -0.39 is 0 Å². The first-order valence-corrected chi connectivity index (χ1v) is 5.81. The molecule has 0 aliphatic rings. The summed E-state index contributed by atoms with van der Waals surface area (Å²) in [6, 6.07) is 5.24. The molecule has 0 aromatic heterocycles. The molecule has 0 saturated heterocycles. The summed E-state index contributed by atoms with van der Waals surface area (Å²) in [4.78, 5) is 11.6. The number of anilines is 1. The highest BCUT2D eigenvalue weighted by Crippen LogP contribution is 2.19. The van der Waals surface area contributed by atoms with Crippen LogP contribution in [-0.2, 0) is 4.79 Å². The second-order valence-corrected chi connectivity index (χ2v) is 4.41. The zero-order valence-corrected chi connectivity index (χ0v) is 10.7. The fraction of sp³-hybridized carbons (Fsp3) is 0.417. The third kappa shape index (κ3) is 4.73. The van der Waals surface area contributed by atoms with Gasteiger partial charge in [0.25, 0.3) is 0 Å². The van der Waals surface area contributed by atoms with E-state index in [0.717, 1.165) is 5.56 Å². The summed E-state index contributed by atoms with van der Waals surface area (Å²) < 4.78 is 0. The lowest BCUT2D eigenvalue weighted by Gasteiger charge is -2.12. The summed E-state index contributed by atoms with van der Waals surface area (Å²) >= 11 is 5.85. The van der Waals surface area contributed by atoms with Crippen molar-refractivity contribution in [3.05, 3.63) is 28.8 Å². The third-order valence-electron chi connectivity index (χ3n) is 2.36. The Labute approximate surface area is 106 Å². The van der Waals surface area contributed by atoms with E-state index >= 15 is 0 Å². The molecule has 1 aromatic carbocycles. The van der Waals surface area contributed by atoms with Crippen molar-refractivity contribution in [3.8, 4) is 0 Å². The summed E-state index contributed by atoms with van der Waals surface area (Å²) in [5.41, 5.74) is 1.67. The first-order valence-electron chi connectivity index (χ1n) is 5.43. The Morgan fingerprint density at radius 2 is 2.24 bits per heavy atom. The lowest BCUT2D eigenvalue weighted by molar-refractivity contribution is -0.115. The molecule has 17 heavy (non-hydrogen) atoms. The summed E-state index contributed by atoms with van der Waals surface area (Å²) in [7, 11) is 0. The van der Waals surface area contributed by atoms with Gasteiger partial charge in [-0.2, -0.15) is 0 Å². The molecule has 0 saturated carbocycles. The number of carbonyl (C=O) groups is 1. The largest absolute Gasteiger partial charge is 0.395 e. The van der Waals surface area contributed by atoms with Gasteiger partial charge in [-0.1, -0.05) is 17.7 Å². The molecule has 0 aliphatic carbocycles. The van der Waals surface area contributed by atoms with E-state index in [4.69, 9.17) is 16.7 Å². The quantitative estimate of drug-likeness (QED) is 0.749. The second kappa shape index (κ2) is 6.59. The maximum Gasteiger partial charge on any atom is 0.238 e. The van der Waals surface area contributed by atoms with Crippen LogP contribution in [0.4, 0.5) is 5.69 Å². The van der Waals surface area contributed by atoms with Gasteiger partial charge < -0.3 is 15.7 Å². The molecule has 5 heteroatoms. The lowest BCUT2D eigenvalue weighted by atomic mass is 10.2. The zero-order chi connectivity index (χ0) is 12.8. The van der Waals surface area contributed by atoms with Gasteiger partial charge in [0.15, 0.2) is 0 Å². The SMILES string of the molecule is Cc1ccc(Cl)cc1NC(=O)CNC(C)CO. The maximum atomic E-state index is 11.6. The molecule has 4 nitrogen and oxygen atoms in total. The molecule has 1 unspecified atom stereocenters. The first-order chi connectivity index (χ1) is 8.02. The highest BCUT2D eigenvalue weighted by atomic mass is 35.5. The molecule has 1 amide bonds. The first kappa shape index (κ1) is 14.0. The minimum Gasteiger partial charge on any atom is -0.395 e. The highest BCUT2D eigenvalue weighted by molar-refractivity contribution is 6.31. The predicted octanol–water partition coefficient (Wildman–Crippen LogP) is 1.56. The Balaban J connectivity index is 2.53. The second-order valence-electron chi connectivity index (χ2n) is 3.97. The van der Waals surface area contributed by atoms with Crippen LogP contribution in [0.1, 0.15) is 12.5 Å². The number of hydrogen-bond donors (Lipinski definition) is 3. The summed E-state index contributed by atoms with van der Waals surface area (Å²) in [6.07, 6.45) is 0. The number of aliphatic hydroxyl groups excluding tert-OH is 1. The number of rotatable bonds is 5. The molecule has 0 bridgehead atoms. The van der Waals surface area contributed by atoms with E-state index in [9.17, 15) is 4.79 Å². The molecule has 0 radical (unpaired) electrons. The van der Waals surface area contributed by atoms with Crippen molar-refractivity contribution < 1.29 is 9.90 Å². The van der Waals surface area contributed by atoms with E-state index in [1.54, 1.807) is 19.1 Å². The average Bonchev–Trinajstić information content (AvgIpc) is 2.30. The molecular weight excluding hydrogens is 240 g/mol. The number of nitrogens with one attached hydrogen (secondary N) is 2. The number of amides is 1. The summed E-state index contributed by atoms with van der Waals surface area (Å²) in [5.74, 6) is -0.157. The van der Waals surface area contributed by atoms with Crippen LogP contribution in [0, 0.1) is 6.92 Å². The minimum atomic E-state index is -0.157. The lowest BCUT2D eigenvalue weighted by Crippen LogP contribution is -2.36. The monoisotopic (exact) mass is 256 g/mol. The number of hydrogen-bond acceptors (Lipinski definition) is 3. The molecule has 1 rings (SSSR count). The van der Waals surface area contributed by atoms with Crippen LogP contribution in [0.15, 0.2) is 18.2 Å². The van der Waals surface area contributed by atoms with Crippen LogP contribution in [0.3, 0.4) is 0 Å². The van der Waals surface area contributed by atoms with Crippen molar-refractivity contribution in [1.29, 1.82) is 0 Å². The van der Waals surface area contributed by atoms with Gasteiger partial charge in [0.05, 0.1) is 13.2 Å². The number of aryl methyl sites for hydroxylation is 1. The third-order valence-corrected chi connectivity index (χ3v) is 2.59. The molecule has 0 fully saturated rings. The van der Waals surface area contributed by atoms with Gasteiger partial charge in [-0.3, -0.25) is 4.79 Å². The van der Waals surface area contributed by atoms with Crippen LogP contribution < -0.4 is 10.6 Å². The van der Waals surface area contributed by atoms with Crippen LogP contribution in [0.2, 0.25) is 5.02 Å². The van der Waals surface area contributed by atoms with Gasteiger partial charge in [-0.15, -0.1) is 0 Å². The Morgan fingerprint density at radius 1 is 1.53 bits per heavy atom. The predicted molar refractivity (Wildman–Crippen MR) is 69.4 cm³/mol. The van der Waals surface area contributed by atoms with Crippen molar-refractivity contribution in [1.82, 2.24) is 5.32 Å². The Hall–Kier alpha value is -1.10. The van der Waals surface area contributed by atoms with Crippen molar-refractivity contribution in [2.24, 2.45) is 0 Å². The molecule has 0 heterocycles. The minimum absolute atomic E-state index is 0.00345. The molecule has 94 valence electrons. The van der Waals surface area contributed by atoms with Crippen LogP contribution in [-0.4, -0.2) is 30.2 Å². The number of carbonyl (C=O) groups excluding carboxylic acids is 1. The number of benzene rings is 1. The van der Waals surface area contributed by atoms with Crippen molar-refractivity contribution >= 4 is 23.2 Å². The molecular formula is C12H17ClN2O2. The maximum absolute atomic E-state index is 11.6. The number of aliphatic hydroxyl groups is 1.